The maximum Gasteiger partial charge on any atom is 0.226 e. The van der Waals surface area contributed by atoms with Crippen LogP contribution in [0.2, 0.25) is 0 Å². The zero-order valence-electron chi connectivity index (χ0n) is 18.0. The van der Waals surface area contributed by atoms with Gasteiger partial charge < -0.3 is 14.3 Å². The summed E-state index contributed by atoms with van der Waals surface area (Å²) < 4.78 is 7.91. The first-order chi connectivity index (χ1) is 14.5. The van der Waals surface area contributed by atoms with Gasteiger partial charge >= 0.3 is 0 Å². The second kappa shape index (κ2) is 10.4. The van der Waals surface area contributed by atoms with Crippen molar-refractivity contribution in [2.24, 2.45) is 5.92 Å². The SMILES string of the molecule is CSc1nnc(CCCNC(=O)Cc2nc(-c3ccccc3)oc2C)n1CC(C)C. The van der Waals surface area contributed by atoms with Crippen molar-refractivity contribution in [2.45, 2.75) is 51.7 Å². The lowest BCUT2D eigenvalue weighted by atomic mass is 10.2. The smallest absolute Gasteiger partial charge is 0.226 e. The number of oxazole rings is 1. The third-order valence-corrected chi connectivity index (χ3v) is 5.33. The molecular formula is C22H29N5O2S. The molecule has 160 valence electrons. The molecule has 0 saturated heterocycles. The van der Waals surface area contributed by atoms with Crippen LogP contribution in [0.1, 0.15) is 37.5 Å². The van der Waals surface area contributed by atoms with Gasteiger partial charge in [0.15, 0.2) is 5.16 Å². The number of carbonyl (C=O) groups is 1. The Hall–Kier alpha value is -2.61. The van der Waals surface area contributed by atoms with Crippen molar-refractivity contribution in [1.82, 2.24) is 25.1 Å². The van der Waals surface area contributed by atoms with E-state index in [9.17, 15) is 4.79 Å². The summed E-state index contributed by atoms with van der Waals surface area (Å²) in [5.74, 6) is 2.67. The van der Waals surface area contributed by atoms with Crippen LogP contribution in [0, 0.1) is 12.8 Å². The van der Waals surface area contributed by atoms with Crippen molar-refractivity contribution in [3.63, 3.8) is 0 Å². The molecule has 0 saturated carbocycles. The van der Waals surface area contributed by atoms with Crippen molar-refractivity contribution >= 4 is 17.7 Å². The maximum atomic E-state index is 12.4. The Morgan fingerprint density at radius 2 is 2.00 bits per heavy atom. The number of thioether (sulfide) groups is 1. The summed E-state index contributed by atoms with van der Waals surface area (Å²) in [6.07, 6.45) is 3.81. The molecule has 30 heavy (non-hydrogen) atoms. The molecule has 0 aliphatic carbocycles. The number of amides is 1. The van der Waals surface area contributed by atoms with Crippen LogP contribution in [0.3, 0.4) is 0 Å². The Bertz CT molecular complexity index is 965. The van der Waals surface area contributed by atoms with Crippen molar-refractivity contribution in [1.29, 1.82) is 0 Å². The summed E-state index contributed by atoms with van der Waals surface area (Å²) in [5, 5.41) is 12.5. The van der Waals surface area contributed by atoms with Gasteiger partial charge in [0.25, 0.3) is 0 Å². The average Bonchev–Trinajstić information content (AvgIpc) is 3.28. The summed E-state index contributed by atoms with van der Waals surface area (Å²) in [6, 6.07) is 9.70. The summed E-state index contributed by atoms with van der Waals surface area (Å²) in [7, 11) is 0. The molecule has 0 radical (unpaired) electrons. The molecule has 1 amide bonds. The summed E-state index contributed by atoms with van der Waals surface area (Å²) in [4.78, 5) is 16.9. The zero-order valence-corrected chi connectivity index (χ0v) is 18.8. The van der Waals surface area contributed by atoms with E-state index in [1.807, 2.05) is 43.5 Å². The topological polar surface area (TPSA) is 85.8 Å². The standard InChI is InChI=1S/C22H29N5O2S/c1-15(2)14-27-19(25-26-22(27)30-4)11-8-12-23-20(28)13-18-16(3)29-21(24-18)17-9-6-5-7-10-17/h5-7,9-10,15H,8,11-14H2,1-4H3,(H,23,28). The van der Waals surface area contributed by atoms with Crippen LogP contribution in [0.15, 0.2) is 39.9 Å². The van der Waals surface area contributed by atoms with Crippen LogP contribution in [0.25, 0.3) is 11.5 Å². The highest BCUT2D eigenvalue weighted by molar-refractivity contribution is 7.98. The van der Waals surface area contributed by atoms with Crippen LogP contribution in [-0.2, 0) is 24.2 Å². The lowest BCUT2D eigenvalue weighted by molar-refractivity contribution is -0.120. The van der Waals surface area contributed by atoms with Gasteiger partial charge in [-0.2, -0.15) is 0 Å². The molecule has 3 rings (SSSR count). The van der Waals surface area contributed by atoms with Gasteiger partial charge in [-0.25, -0.2) is 4.98 Å². The molecule has 0 unspecified atom stereocenters. The van der Waals surface area contributed by atoms with E-state index in [2.05, 4.69) is 38.9 Å². The predicted molar refractivity (Wildman–Crippen MR) is 118 cm³/mol. The van der Waals surface area contributed by atoms with Crippen LogP contribution in [0.5, 0.6) is 0 Å². The van der Waals surface area contributed by atoms with E-state index in [1.165, 1.54) is 0 Å². The summed E-state index contributed by atoms with van der Waals surface area (Å²) in [5.41, 5.74) is 1.58. The van der Waals surface area contributed by atoms with E-state index in [4.69, 9.17) is 4.42 Å². The van der Waals surface area contributed by atoms with Gasteiger partial charge in [-0.1, -0.05) is 43.8 Å². The van der Waals surface area contributed by atoms with Crippen molar-refractivity contribution in [2.75, 3.05) is 12.8 Å². The largest absolute Gasteiger partial charge is 0.441 e. The number of aryl methyl sites for hydroxylation is 2. The van der Waals surface area contributed by atoms with Crippen LogP contribution in [-0.4, -0.2) is 38.5 Å². The summed E-state index contributed by atoms with van der Waals surface area (Å²) >= 11 is 1.61. The van der Waals surface area contributed by atoms with Gasteiger partial charge in [-0.05, 0) is 37.7 Å². The Balaban J connectivity index is 1.49. The number of aromatic nitrogens is 4. The number of nitrogens with one attached hydrogen (secondary N) is 1. The Morgan fingerprint density at radius 3 is 2.70 bits per heavy atom. The number of benzene rings is 1. The summed E-state index contributed by atoms with van der Waals surface area (Å²) in [6.45, 7) is 7.70. The fourth-order valence-corrected chi connectivity index (χ4v) is 3.71. The fraction of sp³-hybridized carbons (Fsp3) is 0.455. The molecule has 0 spiro atoms. The van der Waals surface area contributed by atoms with Crippen molar-refractivity contribution < 1.29 is 9.21 Å². The Morgan fingerprint density at radius 1 is 1.23 bits per heavy atom. The van der Waals surface area contributed by atoms with E-state index in [1.54, 1.807) is 11.8 Å². The monoisotopic (exact) mass is 427 g/mol. The first kappa shape index (κ1) is 22.1. The molecule has 3 aromatic rings. The Labute approximate surface area is 181 Å². The molecule has 0 fully saturated rings. The predicted octanol–water partition coefficient (Wildman–Crippen LogP) is 3.91. The van der Waals surface area contributed by atoms with E-state index < -0.39 is 0 Å². The van der Waals surface area contributed by atoms with Crippen molar-refractivity contribution in [3.05, 3.63) is 47.6 Å². The molecule has 0 atom stereocenters. The lowest BCUT2D eigenvalue weighted by Gasteiger charge is -2.11. The van der Waals surface area contributed by atoms with Gasteiger partial charge in [0, 0.05) is 25.1 Å². The minimum absolute atomic E-state index is 0.0561. The molecule has 8 heteroatoms. The molecule has 0 aliphatic rings. The number of rotatable bonds is 10. The van der Waals surface area contributed by atoms with Gasteiger partial charge in [0.1, 0.15) is 11.6 Å². The van der Waals surface area contributed by atoms with Crippen LogP contribution < -0.4 is 5.32 Å². The van der Waals surface area contributed by atoms with Gasteiger partial charge in [-0.15, -0.1) is 10.2 Å². The lowest BCUT2D eigenvalue weighted by Crippen LogP contribution is -2.27. The first-order valence-corrected chi connectivity index (χ1v) is 11.4. The zero-order chi connectivity index (χ0) is 21.5. The number of carbonyl (C=O) groups excluding carboxylic acids is 1. The number of hydrogen-bond donors (Lipinski definition) is 1. The van der Waals surface area contributed by atoms with Crippen LogP contribution in [0.4, 0.5) is 0 Å². The second-order valence-electron chi connectivity index (χ2n) is 7.63. The van der Waals surface area contributed by atoms with E-state index >= 15 is 0 Å². The highest BCUT2D eigenvalue weighted by Crippen LogP contribution is 2.21. The number of hydrogen-bond acceptors (Lipinski definition) is 6. The molecule has 2 aromatic heterocycles. The van der Waals surface area contributed by atoms with Crippen LogP contribution >= 0.6 is 11.8 Å². The third kappa shape index (κ3) is 5.72. The second-order valence-corrected chi connectivity index (χ2v) is 8.40. The molecule has 2 heterocycles. The highest BCUT2D eigenvalue weighted by Gasteiger charge is 2.15. The maximum absolute atomic E-state index is 12.4. The molecule has 0 aliphatic heterocycles. The van der Waals surface area contributed by atoms with Crippen molar-refractivity contribution in [3.8, 4) is 11.5 Å². The molecule has 1 aromatic carbocycles. The Kier molecular flexibility index (Phi) is 7.68. The normalized spacial score (nSPS) is 11.2. The highest BCUT2D eigenvalue weighted by atomic mass is 32.2. The number of nitrogens with zero attached hydrogens (tertiary/aromatic N) is 4. The minimum Gasteiger partial charge on any atom is -0.441 e. The molecule has 7 nitrogen and oxygen atoms in total. The van der Waals surface area contributed by atoms with E-state index in [-0.39, 0.29) is 12.3 Å². The average molecular weight is 428 g/mol. The fourth-order valence-electron chi connectivity index (χ4n) is 3.19. The molecular weight excluding hydrogens is 398 g/mol. The van der Waals surface area contributed by atoms with Gasteiger partial charge in [0.2, 0.25) is 11.8 Å². The minimum atomic E-state index is -0.0561. The quantitative estimate of drug-likeness (QED) is 0.390. The molecule has 1 N–H and O–H groups in total. The van der Waals surface area contributed by atoms with E-state index in [0.29, 0.717) is 29.8 Å². The first-order valence-electron chi connectivity index (χ1n) is 10.2. The van der Waals surface area contributed by atoms with Gasteiger partial charge in [-0.3, -0.25) is 4.79 Å². The molecule has 0 bridgehead atoms. The third-order valence-electron chi connectivity index (χ3n) is 4.66. The van der Waals surface area contributed by atoms with Gasteiger partial charge in [0.05, 0.1) is 12.1 Å². The van der Waals surface area contributed by atoms with E-state index in [0.717, 1.165) is 35.9 Å².